The normalized spacial score (nSPS) is 10.0. The third kappa shape index (κ3) is 1.44. The van der Waals surface area contributed by atoms with Gasteiger partial charge >= 0.3 is 0 Å². The molecule has 6 heteroatoms. The summed E-state index contributed by atoms with van der Waals surface area (Å²) < 4.78 is 14.2. The van der Waals surface area contributed by atoms with Gasteiger partial charge in [0.15, 0.2) is 0 Å². The number of rotatable bonds is 1. The van der Waals surface area contributed by atoms with Crippen LogP contribution in [0.1, 0.15) is 5.56 Å². The van der Waals surface area contributed by atoms with E-state index in [2.05, 4.69) is 4.98 Å². The summed E-state index contributed by atoms with van der Waals surface area (Å²) in [5.41, 5.74) is 6.60. The van der Waals surface area contributed by atoms with E-state index in [0.717, 1.165) is 4.68 Å². The predicted octanol–water partition coefficient (Wildman–Crippen LogP) is 0.857. The first-order chi connectivity index (χ1) is 7.63. The molecule has 0 spiro atoms. The van der Waals surface area contributed by atoms with Gasteiger partial charge in [-0.05, 0) is 18.2 Å². The van der Waals surface area contributed by atoms with Crippen LogP contribution in [0.25, 0.3) is 11.3 Å². The Bertz CT molecular complexity index is 581. The van der Waals surface area contributed by atoms with Gasteiger partial charge in [0.25, 0.3) is 0 Å². The van der Waals surface area contributed by atoms with Crippen molar-refractivity contribution in [2.24, 2.45) is 0 Å². The molecular weight excluding hydrogens is 209 g/mol. The molecule has 5 nitrogen and oxygen atoms in total. The lowest BCUT2D eigenvalue weighted by Crippen LogP contribution is -2.10. The third-order valence-corrected chi connectivity index (χ3v) is 2.19. The summed E-state index contributed by atoms with van der Waals surface area (Å²) in [5.74, 6) is 5.16. The Morgan fingerprint density at radius 1 is 1.44 bits per heavy atom. The van der Waals surface area contributed by atoms with Crippen LogP contribution in [0.3, 0.4) is 0 Å². The van der Waals surface area contributed by atoms with E-state index in [1.807, 2.05) is 0 Å². The zero-order chi connectivity index (χ0) is 11.7. The average Bonchev–Trinajstić information content (AvgIpc) is 2.61. The molecule has 0 saturated carbocycles. The van der Waals surface area contributed by atoms with Crippen LogP contribution in [-0.4, -0.2) is 9.66 Å². The molecule has 0 unspecified atom stereocenters. The van der Waals surface area contributed by atoms with Crippen LogP contribution < -0.4 is 11.6 Å². The highest BCUT2D eigenvalue weighted by molar-refractivity contribution is 5.71. The van der Waals surface area contributed by atoms with Crippen molar-refractivity contribution in [3.8, 4) is 17.3 Å². The number of hydrogen-bond donors (Lipinski definition) is 2. The molecule has 0 bridgehead atoms. The topological polar surface area (TPSA) is 93.6 Å². The minimum Gasteiger partial charge on any atom is -0.382 e. The summed E-state index contributed by atoms with van der Waals surface area (Å²) in [4.78, 5) is 3.97. The van der Waals surface area contributed by atoms with Gasteiger partial charge in [-0.15, -0.1) is 0 Å². The molecule has 16 heavy (non-hydrogen) atoms. The van der Waals surface area contributed by atoms with E-state index in [-0.39, 0.29) is 11.4 Å². The highest BCUT2D eigenvalue weighted by atomic mass is 19.1. The summed E-state index contributed by atoms with van der Waals surface area (Å²) in [6.07, 6.45) is 1.35. The maximum atomic E-state index is 13.1. The standard InChI is InChI=1S/C10H8FN5/c11-8-2-1-6(3-7(8)4-12)9-10(13)16(14)5-15-9/h1-3,5H,13-14H2. The van der Waals surface area contributed by atoms with Crippen molar-refractivity contribution in [3.63, 3.8) is 0 Å². The Labute approximate surface area is 90.7 Å². The van der Waals surface area contributed by atoms with Crippen molar-refractivity contribution in [2.75, 3.05) is 11.6 Å². The Morgan fingerprint density at radius 3 is 2.75 bits per heavy atom. The fourth-order valence-corrected chi connectivity index (χ4v) is 1.35. The van der Waals surface area contributed by atoms with Crippen molar-refractivity contribution in [1.29, 1.82) is 5.26 Å². The van der Waals surface area contributed by atoms with Crippen LogP contribution in [0.5, 0.6) is 0 Å². The second kappa shape index (κ2) is 3.55. The summed E-state index contributed by atoms with van der Waals surface area (Å²) in [6.45, 7) is 0. The Balaban J connectivity index is 2.58. The van der Waals surface area contributed by atoms with Crippen molar-refractivity contribution >= 4 is 5.82 Å². The molecule has 1 heterocycles. The number of nitriles is 1. The van der Waals surface area contributed by atoms with Gasteiger partial charge in [-0.25, -0.2) is 14.1 Å². The monoisotopic (exact) mass is 217 g/mol. The fraction of sp³-hybridized carbons (Fsp3) is 0. The van der Waals surface area contributed by atoms with Crippen LogP contribution in [0.2, 0.25) is 0 Å². The van der Waals surface area contributed by atoms with E-state index in [1.165, 1.54) is 24.5 Å². The lowest BCUT2D eigenvalue weighted by atomic mass is 10.1. The van der Waals surface area contributed by atoms with E-state index in [1.54, 1.807) is 6.07 Å². The van der Waals surface area contributed by atoms with E-state index < -0.39 is 5.82 Å². The number of hydrogen-bond acceptors (Lipinski definition) is 4. The molecule has 0 amide bonds. The van der Waals surface area contributed by atoms with E-state index in [9.17, 15) is 4.39 Å². The molecule has 80 valence electrons. The van der Waals surface area contributed by atoms with Gasteiger partial charge in [0.2, 0.25) is 0 Å². The van der Waals surface area contributed by atoms with Crippen LogP contribution in [0.4, 0.5) is 10.2 Å². The van der Waals surface area contributed by atoms with Crippen LogP contribution >= 0.6 is 0 Å². The summed E-state index contributed by atoms with van der Waals surface area (Å²) in [7, 11) is 0. The molecule has 0 radical (unpaired) electrons. The third-order valence-electron chi connectivity index (χ3n) is 2.19. The Morgan fingerprint density at radius 2 is 2.19 bits per heavy atom. The van der Waals surface area contributed by atoms with Gasteiger partial charge in [0, 0.05) is 5.56 Å². The fourth-order valence-electron chi connectivity index (χ4n) is 1.35. The highest BCUT2D eigenvalue weighted by Crippen LogP contribution is 2.24. The first-order valence-electron chi connectivity index (χ1n) is 4.41. The zero-order valence-electron chi connectivity index (χ0n) is 8.18. The number of nitrogen functional groups attached to an aromatic ring is 2. The summed E-state index contributed by atoms with van der Waals surface area (Å²) in [6, 6.07) is 5.83. The number of aromatic nitrogens is 2. The molecule has 0 atom stereocenters. The number of nitrogens with zero attached hydrogens (tertiary/aromatic N) is 3. The molecule has 0 aliphatic rings. The van der Waals surface area contributed by atoms with Gasteiger partial charge in [0.05, 0.1) is 5.56 Å². The summed E-state index contributed by atoms with van der Waals surface area (Å²) in [5, 5.41) is 8.69. The number of halogens is 1. The summed E-state index contributed by atoms with van der Waals surface area (Å²) >= 11 is 0. The van der Waals surface area contributed by atoms with Gasteiger partial charge in [-0.1, -0.05) is 0 Å². The smallest absolute Gasteiger partial charge is 0.150 e. The lowest BCUT2D eigenvalue weighted by molar-refractivity contribution is 0.624. The number of benzene rings is 1. The first-order valence-corrected chi connectivity index (χ1v) is 4.41. The van der Waals surface area contributed by atoms with Gasteiger partial charge in [-0.2, -0.15) is 5.26 Å². The quantitative estimate of drug-likeness (QED) is 0.692. The molecule has 0 saturated heterocycles. The van der Waals surface area contributed by atoms with Crippen LogP contribution in [-0.2, 0) is 0 Å². The second-order valence-corrected chi connectivity index (χ2v) is 3.19. The molecule has 4 N–H and O–H groups in total. The molecule has 2 aromatic rings. The Kier molecular flexibility index (Phi) is 2.21. The SMILES string of the molecule is N#Cc1cc(-c2ncn(N)c2N)ccc1F. The largest absolute Gasteiger partial charge is 0.382 e. The lowest BCUT2D eigenvalue weighted by Gasteiger charge is -2.01. The maximum Gasteiger partial charge on any atom is 0.150 e. The second-order valence-electron chi connectivity index (χ2n) is 3.19. The Hall–Kier alpha value is -2.55. The van der Waals surface area contributed by atoms with Crippen molar-refractivity contribution in [1.82, 2.24) is 9.66 Å². The van der Waals surface area contributed by atoms with Crippen molar-refractivity contribution in [3.05, 3.63) is 35.9 Å². The van der Waals surface area contributed by atoms with Crippen molar-refractivity contribution in [2.45, 2.75) is 0 Å². The minimum absolute atomic E-state index is 0.0523. The number of anilines is 1. The van der Waals surface area contributed by atoms with E-state index in [4.69, 9.17) is 16.8 Å². The molecule has 1 aromatic heterocycles. The number of nitrogens with two attached hydrogens (primary N) is 2. The van der Waals surface area contributed by atoms with Gasteiger partial charge < -0.3 is 11.6 Å². The molecule has 0 aliphatic carbocycles. The molecule has 1 aromatic carbocycles. The first kappa shape index (κ1) is 9.98. The average molecular weight is 217 g/mol. The van der Waals surface area contributed by atoms with Crippen molar-refractivity contribution < 1.29 is 4.39 Å². The predicted molar refractivity (Wildman–Crippen MR) is 56.9 cm³/mol. The zero-order valence-corrected chi connectivity index (χ0v) is 8.18. The molecule has 0 aliphatic heterocycles. The minimum atomic E-state index is -0.572. The molecule has 2 rings (SSSR count). The molecule has 0 fully saturated rings. The number of imidazole rings is 1. The highest BCUT2D eigenvalue weighted by Gasteiger charge is 2.10. The van der Waals surface area contributed by atoms with Crippen LogP contribution in [0, 0.1) is 17.1 Å². The van der Waals surface area contributed by atoms with Crippen LogP contribution in [0.15, 0.2) is 24.5 Å². The van der Waals surface area contributed by atoms with E-state index in [0.29, 0.717) is 11.3 Å². The molecular formula is C10H8FN5. The van der Waals surface area contributed by atoms with E-state index >= 15 is 0 Å². The van der Waals surface area contributed by atoms with Gasteiger partial charge in [0.1, 0.15) is 29.7 Å². The van der Waals surface area contributed by atoms with Gasteiger partial charge in [-0.3, -0.25) is 0 Å². The maximum absolute atomic E-state index is 13.1.